The smallest absolute Gasteiger partial charge is 0.263 e. The molecule has 132 valence electrons. The quantitative estimate of drug-likeness (QED) is 0.396. The van der Waals surface area contributed by atoms with Crippen molar-refractivity contribution >= 4 is 51.3 Å². The van der Waals surface area contributed by atoms with Gasteiger partial charge in [-0.3, -0.25) is 9.78 Å². The predicted octanol–water partition coefficient (Wildman–Crippen LogP) is 3.21. The molecule has 2 aromatic heterocycles. The van der Waals surface area contributed by atoms with Crippen LogP contribution in [0.5, 0.6) is 0 Å². The summed E-state index contributed by atoms with van der Waals surface area (Å²) in [5.74, 6) is 6.41. The van der Waals surface area contributed by atoms with Gasteiger partial charge in [0.1, 0.15) is 10.1 Å². The van der Waals surface area contributed by atoms with Crippen LogP contribution in [0, 0.1) is 11.8 Å². The zero-order valence-corrected chi connectivity index (χ0v) is 15.5. The number of thiocarbonyl (C=S) groups is 1. The Hall–Kier alpha value is -2.92. The maximum absolute atomic E-state index is 11.8. The van der Waals surface area contributed by atoms with Crippen LogP contribution in [0.1, 0.15) is 22.5 Å². The number of fused-ring (bicyclic) bond motifs is 1. The van der Waals surface area contributed by atoms with E-state index in [9.17, 15) is 9.90 Å². The van der Waals surface area contributed by atoms with Gasteiger partial charge >= 0.3 is 0 Å². The number of nitrogens with zero attached hydrogens (tertiary/aromatic N) is 1. The van der Waals surface area contributed by atoms with Crippen molar-refractivity contribution in [2.45, 2.75) is 6.61 Å². The van der Waals surface area contributed by atoms with E-state index in [1.807, 2.05) is 24.3 Å². The first-order valence-corrected chi connectivity index (χ1v) is 9.20. The lowest BCUT2D eigenvalue weighted by atomic mass is 10.1. The molecule has 1 saturated heterocycles. The summed E-state index contributed by atoms with van der Waals surface area (Å²) < 4.78 is 6.31. The third-order valence-electron chi connectivity index (χ3n) is 3.88. The molecular weight excluding hydrogens is 380 g/mol. The van der Waals surface area contributed by atoms with Crippen molar-refractivity contribution in [3.05, 3.63) is 70.1 Å². The summed E-state index contributed by atoms with van der Waals surface area (Å²) >= 11 is 6.19. The Kier molecular flexibility index (Phi) is 4.77. The van der Waals surface area contributed by atoms with Crippen molar-refractivity contribution in [3.63, 3.8) is 0 Å². The van der Waals surface area contributed by atoms with Crippen molar-refractivity contribution in [2.24, 2.45) is 0 Å². The zero-order valence-electron chi connectivity index (χ0n) is 13.9. The molecule has 4 rings (SSSR count). The summed E-state index contributed by atoms with van der Waals surface area (Å²) in [5, 5.41) is 12.8. The predicted molar refractivity (Wildman–Crippen MR) is 109 cm³/mol. The number of aromatic nitrogens is 1. The molecule has 5 nitrogen and oxygen atoms in total. The number of benzene rings is 1. The second-order valence-corrected chi connectivity index (χ2v) is 7.39. The molecule has 2 N–H and O–H groups in total. The van der Waals surface area contributed by atoms with Gasteiger partial charge in [-0.2, -0.15) is 0 Å². The number of aliphatic hydroxyl groups excluding tert-OH is 1. The number of amides is 1. The van der Waals surface area contributed by atoms with Crippen LogP contribution in [-0.2, 0) is 11.4 Å². The van der Waals surface area contributed by atoms with E-state index in [4.69, 9.17) is 16.6 Å². The molecule has 1 amide bonds. The Balaban J connectivity index is 1.73. The topological polar surface area (TPSA) is 75.4 Å². The van der Waals surface area contributed by atoms with Crippen LogP contribution < -0.4 is 5.32 Å². The molecule has 0 aliphatic carbocycles. The molecule has 0 saturated carbocycles. The molecule has 1 aromatic carbocycles. The molecule has 3 aromatic rings. The minimum Gasteiger partial charge on any atom is -0.455 e. The molecular formula is C20H12N2O3S2. The highest BCUT2D eigenvalue weighted by atomic mass is 32.2. The van der Waals surface area contributed by atoms with E-state index in [0.29, 0.717) is 26.1 Å². The Morgan fingerprint density at radius 3 is 2.85 bits per heavy atom. The van der Waals surface area contributed by atoms with Gasteiger partial charge < -0.3 is 14.8 Å². The van der Waals surface area contributed by atoms with Gasteiger partial charge in [0.2, 0.25) is 0 Å². The van der Waals surface area contributed by atoms with Crippen molar-refractivity contribution < 1.29 is 14.3 Å². The van der Waals surface area contributed by atoms with E-state index < -0.39 is 0 Å². The van der Waals surface area contributed by atoms with Crippen LogP contribution in [0.15, 0.2) is 52.0 Å². The Labute approximate surface area is 164 Å². The van der Waals surface area contributed by atoms with Gasteiger partial charge in [0.15, 0.2) is 5.58 Å². The number of thioether (sulfide) groups is 1. The highest BCUT2D eigenvalue weighted by molar-refractivity contribution is 8.26. The molecule has 7 heteroatoms. The lowest BCUT2D eigenvalue weighted by molar-refractivity contribution is -0.115. The number of aliphatic hydroxyl groups is 1. The van der Waals surface area contributed by atoms with Crippen LogP contribution in [0.3, 0.4) is 0 Å². The van der Waals surface area contributed by atoms with Crippen molar-refractivity contribution in [1.82, 2.24) is 10.3 Å². The van der Waals surface area contributed by atoms with Gasteiger partial charge in [0.05, 0.1) is 17.1 Å². The van der Waals surface area contributed by atoms with E-state index in [1.54, 1.807) is 24.5 Å². The fourth-order valence-electron chi connectivity index (χ4n) is 2.61. The van der Waals surface area contributed by atoms with Gasteiger partial charge in [-0.25, -0.2) is 0 Å². The fraction of sp³-hybridized carbons (Fsp3) is 0.0500. The summed E-state index contributed by atoms with van der Waals surface area (Å²) in [7, 11) is 0. The maximum atomic E-state index is 11.8. The van der Waals surface area contributed by atoms with E-state index >= 15 is 0 Å². The molecule has 0 radical (unpaired) electrons. The first-order chi connectivity index (χ1) is 13.1. The average Bonchev–Trinajstić information content (AvgIpc) is 3.22. The normalized spacial score (nSPS) is 15.1. The second-order valence-electron chi connectivity index (χ2n) is 5.67. The van der Waals surface area contributed by atoms with E-state index in [0.717, 1.165) is 16.5 Å². The molecule has 0 bridgehead atoms. The number of hydrogen-bond acceptors (Lipinski definition) is 6. The van der Waals surface area contributed by atoms with Gasteiger partial charge in [0, 0.05) is 29.4 Å². The third kappa shape index (κ3) is 3.64. The molecule has 0 unspecified atom stereocenters. The number of carbonyl (C=O) groups excluding carboxylic acids is 1. The van der Waals surface area contributed by atoms with Crippen LogP contribution in [0.2, 0.25) is 0 Å². The number of rotatable bonds is 2. The van der Waals surface area contributed by atoms with E-state index in [-0.39, 0.29) is 12.5 Å². The molecule has 1 aliphatic heterocycles. The van der Waals surface area contributed by atoms with Crippen molar-refractivity contribution in [3.8, 4) is 11.8 Å². The lowest BCUT2D eigenvalue weighted by Gasteiger charge is -1.98. The monoisotopic (exact) mass is 392 g/mol. The molecule has 0 atom stereocenters. The Bertz CT molecular complexity index is 1170. The minimum absolute atomic E-state index is 0.0760. The SMILES string of the molecule is O=C1NC(=S)S/C1=C/c1cc2cncc(C#Cc3ccccc3CO)c2o1. The number of carbonyl (C=O) groups is 1. The molecule has 1 fully saturated rings. The van der Waals surface area contributed by atoms with Crippen LogP contribution >= 0.6 is 24.0 Å². The standard InChI is InChI=1S/C20H12N2O3S2/c23-11-14-4-2-1-3-12(14)5-6-13-9-21-10-15-7-16(25-18(13)15)8-17-19(24)22-20(26)27-17/h1-4,7-10,23H,11H2,(H,22,24,26)/b17-8+. The first-order valence-electron chi connectivity index (χ1n) is 7.97. The van der Waals surface area contributed by atoms with Crippen LogP contribution in [-0.4, -0.2) is 20.3 Å². The highest BCUT2D eigenvalue weighted by Gasteiger charge is 2.22. The Morgan fingerprint density at radius 2 is 2.07 bits per heavy atom. The van der Waals surface area contributed by atoms with Crippen LogP contribution in [0.25, 0.3) is 17.0 Å². The Morgan fingerprint density at radius 1 is 1.26 bits per heavy atom. The fourth-order valence-corrected chi connectivity index (χ4v) is 3.63. The zero-order chi connectivity index (χ0) is 18.8. The highest BCUT2D eigenvalue weighted by Crippen LogP contribution is 2.29. The number of nitrogens with one attached hydrogen (secondary N) is 1. The van der Waals surface area contributed by atoms with E-state index in [2.05, 4.69) is 22.1 Å². The maximum Gasteiger partial charge on any atom is 0.263 e. The number of hydrogen-bond donors (Lipinski definition) is 2. The van der Waals surface area contributed by atoms with E-state index in [1.165, 1.54) is 11.8 Å². The molecule has 0 spiro atoms. The van der Waals surface area contributed by atoms with Crippen molar-refractivity contribution in [2.75, 3.05) is 0 Å². The molecule has 1 aliphatic rings. The summed E-state index contributed by atoms with van der Waals surface area (Å²) in [6.45, 7) is -0.0760. The minimum atomic E-state index is -0.232. The summed E-state index contributed by atoms with van der Waals surface area (Å²) in [6.07, 6.45) is 4.96. The molecule has 27 heavy (non-hydrogen) atoms. The average molecular weight is 392 g/mol. The lowest BCUT2D eigenvalue weighted by Crippen LogP contribution is -2.17. The third-order valence-corrected chi connectivity index (χ3v) is 5.04. The largest absolute Gasteiger partial charge is 0.455 e. The first kappa shape index (κ1) is 17.5. The number of furan rings is 1. The summed E-state index contributed by atoms with van der Waals surface area (Å²) in [5.41, 5.74) is 2.73. The van der Waals surface area contributed by atoms with Gasteiger partial charge in [-0.1, -0.05) is 54.0 Å². The second kappa shape index (κ2) is 7.37. The van der Waals surface area contributed by atoms with Gasteiger partial charge in [-0.05, 0) is 17.7 Å². The number of pyridine rings is 1. The summed E-state index contributed by atoms with van der Waals surface area (Å²) in [4.78, 5) is 16.5. The van der Waals surface area contributed by atoms with Crippen LogP contribution in [0.4, 0.5) is 0 Å². The van der Waals surface area contributed by atoms with Gasteiger partial charge in [0.25, 0.3) is 5.91 Å². The van der Waals surface area contributed by atoms with Crippen molar-refractivity contribution in [1.29, 1.82) is 0 Å². The summed E-state index contributed by atoms with van der Waals surface area (Å²) in [6, 6.07) is 9.21. The molecule has 3 heterocycles. The van der Waals surface area contributed by atoms with Gasteiger partial charge in [-0.15, -0.1) is 0 Å².